The van der Waals surface area contributed by atoms with Crippen LogP contribution in [0.15, 0.2) is 30.5 Å². The average Bonchev–Trinajstić information content (AvgIpc) is 2.94. The lowest BCUT2D eigenvalue weighted by Gasteiger charge is -2.09. The highest BCUT2D eigenvalue weighted by atomic mass is 19.1. The van der Waals surface area contributed by atoms with E-state index in [1.807, 2.05) is 0 Å². The van der Waals surface area contributed by atoms with Crippen LogP contribution in [0, 0.1) is 5.82 Å². The quantitative estimate of drug-likeness (QED) is 0.672. The van der Waals surface area contributed by atoms with Crippen LogP contribution in [0.4, 0.5) is 21.8 Å². The van der Waals surface area contributed by atoms with Crippen molar-refractivity contribution in [3.63, 3.8) is 0 Å². The summed E-state index contributed by atoms with van der Waals surface area (Å²) in [6, 6.07) is 6.22. The summed E-state index contributed by atoms with van der Waals surface area (Å²) in [5.41, 5.74) is 1.25. The Morgan fingerprint density at radius 2 is 2.19 bits per heavy atom. The van der Waals surface area contributed by atoms with Gasteiger partial charge >= 0.3 is 0 Å². The van der Waals surface area contributed by atoms with E-state index in [0.29, 0.717) is 23.1 Å². The van der Waals surface area contributed by atoms with E-state index in [2.05, 4.69) is 37.7 Å². The summed E-state index contributed by atoms with van der Waals surface area (Å²) in [6.07, 6.45) is 2.61. The van der Waals surface area contributed by atoms with E-state index in [-0.39, 0.29) is 5.82 Å². The van der Waals surface area contributed by atoms with Crippen molar-refractivity contribution in [3.05, 3.63) is 36.3 Å². The number of halogens is 1. The van der Waals surface area contributed by atoms with Crippen LogP contribution in [-0.2, 0) is 0 Å². The Morgan fingerprint density at radius 3 is 3.00 bits per heavy atom. The molecule has 3 aromatic rings. The summed E-state index contributed by atoms with van der Waals surface area (Å²) in [4.78, 5) is 8.76. The van der Waals surface area contributed by atoms with E-state index in [1.165, 1.54) is 12.1 Å². The van der Waals surface area contributed by atoms with Crippen molar-refractivity contribution in [2.75, 3.05) is 17.2 Å². The Kier molecular flexibility index (Phi) is 3.63. The molecule has 0 radical (unpaired) electrons. The molecule has 2 heterocycles. The lowest BCUT2D eigenvalue weighted by Crippen LogP contribution is -2.06. The van der Waals surface area contributed by atoms with Crippen LogP contribution in [0.5, 0.6) is 0 Å². The maximum absolute atomic E-state index is 13.3. The molecule has 0 atom stereocenters. The van der Waals surface area contributed by atoms with Gasteiger partial charge in [0, 0.05) is 12.2 Å². The summed E-state index contributed by atoms with van der Waals surface area (Å²) >= 11 is 0. The summed E-state index contributed by atoms with van der Waals surface area (Å²) in [5.74, 6) is 0.785. The third-order valence-corrected chi connectivity index (χ3v) is 2.93. The van der Waals surface area contributed by atoms with Crippen LogP contribution in [0.3, 0.4) is 0 Å². The predicted molar refractivity (Wildman–Crippen MR) is 80.1 cm³/mol. The first-order valence-electron chi connectivity index (χ1n) is 6.74. The second-order valence-corrected chi connectivity index (χ2v) is 4.59. The second kappa shape index (κ2) is 5.74. The van der Waals surface area contributed by atoms with Crippen molar-refractivity contribution in [1.82, 2.24) is 20.2 Å². The maximum Gasteiger partial charge on any atom is 0.226 e. The Balaban J connectivity index is 1.97. The van der Waals surface area contributed by atoms with Gasteiger partial charge in [0.2, 0.25) is 5.95 Å². The van der Waals surface area contributed by atoms with E-state index < -0.39 is 0 Å². The van der Waals surface area contributed by atoms with Crippen molar-refractivity contribution in [3.8, 4) is 0 Å². The molecule has 21 heavy (non-hydrogen) atoms. The fourth-order valence-electron chi connectivity index (χ4n) is 1.95. The van der Waals surface area contributed by atoms with E-state index >= 15 is 0 Å². The number of hydrogen-bond acceptors (Lipinski definition) is 5. The van der Waals surface area contributed by atoms with Crippen LogP contribution in [-0.4, -0.2) is 26.7 Å². The minimum atomic E-state index is -0.304. The van der Waals surface area contributed by atoms with Gasteiger partial charge in [0.15, 0.2) is 5.65 Å². The first-order chi connectivity index (χ1) is 10.3. The normalized spacial score (nSPS) is 10.8. The average molecular weight is 286 g/mol. The van der Waals surface area contributed by atoms with Crippen molar-refractivity contribution >= 4 is 28.5 Å². The lowest BCUT2D eigenvalue weighted by molar-refractivity contribution is 0.628. The van der Waals surface area contributed by atoms with Gasteiger partial charge in [0.25, 0.3) is 0 Å². The number of aromatic nitrogens is 4. The molecular weight excluding hydrogens is 271 g/mol. The summed E-state index contributed by atoms with van der Waals surface area (Å²) in [7, 11) is 0. The zero-order valence-corrected chi connectivity index (χ0v) is 11.5. The fourth-order valence-corrected chi connectivity index (χ4v) is 1.95. The molecule has 0 amide bonds. The van der Waals surface area contributed by atoms with Crippen molar-refractivity contribution < 1.29 is 4.39 Å². The second-order valence-electron chi connectivity index (χ2n) is 4.59. The van der Waals surface area contributed by atoms with Crippen molar-refractivity contribution in [2.24, 2.45) is 0 Å². The minimum Gasteiger partial charge on any atom is -0.354 e. The molecule has 2 aromatic heterocycles. The molecule has 6 nitrogen and oxygen atoms in total. The SMILES string of the molecule is CCCNc1nc(Nc2cccc(F)c2)c2cn[nH]c2n1. The van der Waals surface area contributed by atoms with Crippen LogP contribution in [0.2, 0.25) is 0 Å². The number of H-pyrrole nitrogens is 1. The van der Waals surface area contributed by atoms with Gasteiger partial charge in [0.1, 0.15) is 11.6 Å². The number of nitrogens with one attached hydrogen (secondary N) is 3. The number of benzene rings is 1. The molecule has 0 aliphatic heterocycles. The molecule has 0 aliphatic carbocycles. The van der Waals surface area contributed by atoms with Gasteiger partial charge in [-0.05, 0) is 24.6 Å². The van der Waals surface area contributed by atoms with Gasteiger partial charge in [-0.1, -0.05) is 13.0 Å². The minimum absolute atomic E-state index is 0.304. The van der Waals surface area contributed by atoms with Crippen LogP contribution >= 0.6 is 0 Å². The molecular formula is C14H15FN6. The molecule has 3 N–H and O–H groups in total. The van der Waals surface area contributed by atoms with E-state index in [0.717, 1.165) is 18.4 Å². The molecule has 108 valence electrons. The Labute approximate surface area is 120 Å². The molecule has 0 saturated carbocycles. The predicted octanol–water partition coefficient (Wildman–Crippen LogP) is 3.06. The molecule has 1 aromatic carbocycles. The maximum atomic E-state index is 13.3. The Hall–Kier alpha value is -2.70. The molecule has 0 bridgehead atoms. The highest BCUT2D eigenvalue weighted by Gasteiger charge is 2.09. The van der Waals surface area contributed by atoms with Gasteiger partial charge in [-0.25, -0.2) is 4.39 Å². The molecule has 3 rings (SSSR count). The van der Waals surface area contributed by atoms with E-state index in [9.17, 15) is 4.39 Å². The number of nitrogens with zero attached hydrogens (tertiary/aromatic N) is 3. The van der Waals surface area contributed by atoms with Crippen LogP contribution in [0.25, 0.3) is 11.0 Å². The number of rotatable bonds is 5. The molecule has 0 fully saturated rings. The lowest BCUT2D eigenvalue weighted by atomic mass is 10.3. The van der Waals surface area contributed by atoms with Gasteiger partial charge in [-0.3, -0.25) is 5.10 Å². The number of aromatic amines is 1. The fraction of sp³-hybridized carbons (Fsp3) is 0.214. The third kappa shape index (κ3) is 2.91. The smallest absolute Gasteiger partial charge is 0.226 e. The van der Waals surface area contributed by atoms with Gasteiger partial charge in [-0.15, -0.1) is 0 Å². The summed E-state index contributed by atoms with van der Waals surface area (Å²) < 4.78 is 13.3. The highest BCUT2D eigenvalue weighted by Crippen LogP contribution is 2.24. The zero-order chi connectivity index (χ0) is 14.7. The monoisotopic (exact) mass is 286 g/mol. The van der Waals surface area contributed by atoms with Gasteiger partial charge in [0.05, 0.1) is 11.6 Å². The van der Waals surface area contributed by atoms with Gasteiger partial charge < -0.3 is 10.6 Å². The van der Waals surface area contributed by atoms with E-state index in [4.69, 9.17) is 0 Å². The van der Waals surface area contributed by atoms with Crippen LogP contribution in [0.1, 0.15) is 13.3 Å². The number of hydrogen-bond donors (Lipinski definition) is 3. The standard InChI is InChI=1S/C14H15FN6/c1-2-6-16-14-19-12(11-8-17-21-13(11)20-14)18-10-5-3-4-9(15)7-10/h3-5,7-8H,2,6H2,1H3,(H3,16,17,18,19,20,21). The Morgan fingerprint density at radius 1 is 1.29 bits per heavy atom. The number of fused-ring (bicyclic) bond motifs is 1. The number of anilines is 3. The first-order valence-corrected chi connectivity index (χ1v) is 6.74. The molecule has 0 saturated heterocycles. The van der Waals surface area contributed by atoms with Crippen molar-refractivity contribution in [2.45, 2.75) is 13.3 Å². The molecule has 0 spiro atoms. The van der Waals surface area contributed by atoms with Crippen molar-refractivity contribution in [1.29, 1.82) is 0 Å². The third-order valence-electron chi connectivity index (χ3n) is 2.93. The van der Waals surface area contributed by atoms with E-state index in [1.54, 1.807) is 18.3 Å². The summed E-state index contributed by atoms with van der Waals surface area (Å²) in [6.45, 7) is 2.84. The zero-order valence-electron chi connectivity index (χ0n) is 11.5. The Bertz CT molecular complexity index is 754. The molecule has 0 unspecified atom stereocenters. The topological polar surface area (TPSA) is 78.5 Å². The van der Waals surface area contributed by atoms with Crippen LogP contribution < -0.4 is 10.6 Å². The molecule has 0 aliphatic rings. The highest BCUT2D eigenvalue weighted by molar-refractivity contribution is 5.88. The van der Waals surface area contributed by atoms with Gasteiger partial charge in [-0.2, -0.15) is 15.1 Å². The largest absolute Gasteiger partial charge is 0.354 e. The first kappa shape index (κ1) is 13.3. The molecule has 7 heteroatoms. The summed E-state index contributed by atoms with van der Waals surface area (Å²) in [5, 5.41) is 13.8.